The molecule has 0 unspecified atom stereocenters. The summed E-state index contributed by atoms with van der Waals surface area (Å²) in [5.74, 6) is 0.546. The van der Waals surface area contributed by atoms with Crippen LogP contribution in [-0.2, 0) is 18.3 Å². The normalized spacial score (nSPS) is 14.2. The second-order valence-electron chi connectivity index (χ2n) is 3.68. The highest BCUT2D eigenvalue weighted by molar-refractivity contribution is 6.61. The summed E-state index contributed by atoms with van der Waals surface area (Å²) in [6.45, 7) is 0.449. The molecular formula is C9H9BN4O2. The molecule has 1 aromatic carbocycles. The van der Waals surface area contributed by atoms with Gasteiger partial charge in [-0.25, -0.2) is 0 Å². The fourth-order valence-electron chi connectivity index (χ4n) is 1.75. The molecule has 2 aromatic rings. The Hall–Kier alpha value is -1.73. The number of fused-ring (bicyclic) bond motifs is 1. The van der Waals surface area contributed by atoms with E-state index in [1.807, 2.05) is 18.2 Å². The lowest BCUT2D eigenvalue weighted by Gasteiger charge is -2.00. The van der Waals surface area contributed by atoms with Crippen molar-refractivity contribution in [3.63, 3.8) is 0 Å². The van der Waals surface area contributed by atoms with Crippen LogP contribution in [0, 0.1) is 0 Å². The van der Waals surface area contributed by atoms with E-state index in [4.69, 9.17) is 4.65 Å². The Kier molecular flexibility index (Phi) is 2.01. The number of aryl methyl sites for hydroxylation is 1. The molecular weight excluding hydrogens is 207 g/mol. The van der Waals surface area contributed by atoms with Crippen molar-refractivity contribution in [1.82, 2.24) is 20.2 Å². The van der Waals surface area contributed by atoms with Gasteiger partial charge in [0, 0.05) is 5.56 Å². The number of rotatable bonds is 1. The van der Waals surface area contributed by atoms with E-state index < -0.39 is 7.12 Å². The molecule has 1 aromatic heterocycles. The largest absolute Gasteiger partial charge is 0.491 e. The van der Waals surface area contributed by atoms with Gasteiger partial charge < -0.3 is 9.68 Å². The standard InChI is InChI=1S/C9H9BN4O2/c1-14-12-9(11-13-14)6-2-3-7-5-16-10(15)8(7)4-6/h2-4,15H,5H2,1H3. The molecule has 80 valence electrons. The van der Waals surface area contributed by atoms with Crippen LogP contribution in [0.1, 0.15) is 5.56 Å². The number of benzene rings is 1. The molecule has 0 spiro atoms. The Morgan fingerprint density at radius 2 is 2.38 bits per heavy atom. The third-order valence-corrected chi connectivity index (χ3v) is 2.58. The van der Waals surface area contributed by atoms with Crippen LogP contribution in [0.15, 0.2) is 18.2 Å². The number of tetrazole rings is 1. The predicted molar refractivity (Wildman–Crippen MR) is 56.6 cm³/mol. The maximum absolute atomic E-state index is 9.57. The van der Waals surface area contributed by atoms with Gasteiger partial charge in [0.1, 0.15) is 0 Å². The van der Waals surface area contributed by atoms with Crippen molar-refractivity contribution in [3.05, 3.63) is 23.8 Å². The molecule has 1 aliphatic rings. The minimum absolute atomic E-state index is 0.449. The monoisotopic (exact) mass is 216 g/mol. The Balaban J connectivity index is 2.07. The minimum atomic E-state index is -0.841. The molecule has 7 heteroatoms. The Labute approximate surface area is 92.0 Å². The zero-order valence-corrected chi connectivity index (χ0v) is 8.66. The average molecular weight is 216 g/mol. The number of hydrogen-bond acceptors (Lipinski definition) is 5. The molecule has 2 heterocycles. The molecule has 6 nitrogen and oxygen atoms in total. The molecule has 0 saturated carbocycles. The predicted octanol–water partition coefficient (Wildman–Crippen LogP) is -0.905. The van der Waals surface area contributed by atoms with E-state index >= 15 is 0 Å². The van der Waals surface area contributed by atoms with Crippen LogP contribution >= 0.6 is 0 Å². The van der Waals surface area contributed by atoms with Crippen molar-refractivity contribution < 1.29 is 9.68 Å². The molecule has 0 amide bonds. The minimum Gasteiger partial charge on any atom is -0.423 e. The van der Waals surface area contributed by atoms with Gasteiger partial charge in [0.2, 0.25) is 5.82 Å². The first-order valence-electron chi connectivity index (χ1n) is 4.91. The SMILES string of the molecule is Cn1nnc(-c2ccc3c(c2)B(O)OC3)n1. The van der Waals surface area contributed by atoms with Gasteiger partial charge in [0.15, 0.2) is 0 Å². The molecule has 1 aliphatic heterocycles. The van der Waals surface area contributed by atoms with E-state index in [0.717, 1.165) is 16.6 Å². The second-order valence-corrected chi connectivity index (χ2v) is 3.68. The van der Waals surface area contributed by atoms with Crippen LogP contribution < -0.4 is 5.46 Å². The summed E-state index contributed by atoms with van der Waals surface area (Å²) < 4.78 is 5.11. The summed E-state index contributed by atoms with van der Waals surface area (Å²) in [6, 6.07) is 5.65. The highest BCUT2D eigenvalue weighted by atomic mass is 16.5. The summed E-state index contributed by atoms with van der Waals surface area (Å²) in [5, 5.41) is 21.4. The lowest BCUT2D eigenvalue weighted by Crippen LogP contribution is -2.28. The topological polar surface area (TPSA) is 73.1 Å². The molecule has 0 aliphatic carbocycles. The van der Waals surface area contributed by atoms with Crippen LogP contribution in [0.5, 0.6) is 0 Å². The van der Waals surface area contributed by atoms with Crippen molar-refractivity contribution in [3.8, 4) is 11.4 Å². The third kappa shape index (κ3) is 1.41. The van der Waals surface area contributed by atoms with Crippen LogP contribution in [0.25, 0.3) is 11.4 Å². The van der Waals surface area contributed by atoms with Gasteiger partial charge in [0.05, 0.1) is 13.7 Å². The van der Waals surface area contributed by atoms with Crippen molar-refractivity contribution in [1.29, 1.82) is 0 Å². The molecule has 16 heavy (non-hydrogen) atoms. The fourth-order valence-corrected chi connectivity index (χ4v) is 1.75. The van der Waals surface area contributed by atoms with E-state index in [-0.39, 0.29) is 0 Å². The summed E-state index contributed by atoms with van der Waals surface area (Å²) in [6.07, 6.45) is 0. The molecule has 1 N–H and O–H groups in total. The van der Waals surface area contributed by atoms with Crippen molar-refractivity contribution in [2.45, 2.75) is 6.61 Å². The quantitative estimate of drug-likeness (QED) is 0.625. The smallest absolute Gasteiger partial charge is 0.423 e. The van der Waals surface area contributed by atoms with Crippen LogP contribution in [0.2, 0.25) is 0 Å². The first kappa shape index (κ1) is 9.50. The van der Waals surface area contributed by atoms with Crippen molar-refractivity contribution in [2.24, 2.45) is 7.05 Å². The van der Waals surface area contributed by atoms with Gasteiger partial charge in [-0.3, -0.25) is 0 Å². The maximum Gasteiger partial charge on any atom is 0.491 e. The van der Waals surface area contributed by atoms with E-state index in [2.05, 4.69) is 15.4 Å². The summed E-state index contributed by atoms with van der Waals surface area (Å²) in [4.78, 5) is 1.40. The molecule has 0 fully saturated rings. The number of aromatic nitrogens is 4. The third-order valence-electron chi connectivity index (χ3n) is 2.58. The Bertz CT molecular complexity index is 542. The molecule has 3 rings (SSSR count). The second kappa shape index (κ2) is 3.39. The zero-order chi connectivity index (χ0) is 11.1. The first-order valence-corrected chi connectivity index (χ1v) is 4.91. The van der Waals surface area contributed by atoms with E-state index in [0.29, 0.717) is 12.4 Å². The van der Waals surface area contributed by atoms with Gasteiger partial charge in [-0.2, -0.15) is 4.80 Å². The number of hydrogen-bond donors (Lipinski definition) is 1. The van der Waals surface area contributed by atoms with Crippen molar-refractivity contribution >= 4 is 12.6 Å². The van der Waals surface area contributed by atoms with Crippen LogP contribution in [-0.4, -0.2) is 32.3 Å². The lowest BCUT2D eigenvalue weighted by atomic mass is 9.79. The molecule has 0 atom stereocenters. The van der Waals surface area contributed by atoms with Crippen molar-refractivity contribution in [2.75, 3.05) is 0 Å². The Morgan fingerprint density at radius 3 is 3.12 bits per heavy atom. The van der Waals surface area contributed by atoms with E-state index in [1.165, 1.54) is 4.80 Å². The number of nitrogens with zero attached hydrogens (tertiary/aromatic N) is 4. The molecule has 0 radical (unpaired) electrons. The zero-order valence-electron chi connectivity index (χ0n) is 8.66. The summed E-state index contributed by atoms with van der Waals surface area (Å²) in [7, 11) is 0.869. The van der Waals surface area contributed by atoms with E-state index in [9.17, 15) is 5.02 Å². The van der Waals surface area contributed by atoms with Gasteiger partial charge in [0.25, 0.3) is 0 Å². The highest BCUT2D eigenvalue weighted by Gasteiger charge is 2.27. The van der Waals surface area contributed by atoms with E-state index in [1.54, 1.807) is 7.05 Å². The highest BCUT2D eigenvalue weighted by Crippen LogP contribution is 2.17. The summed E-state index contributed by atoms with van der Waals surface area (Å²) in [5.41, 5.74) is 2.61. The molecule has 0 saturated heterocycles. The lowest BCUT2D eigenvalue weighted by molar-refractivity contribution is 0.275. The summed E-state index contributed by atoms with van der Waals surface area (Å²) >= 11 is 0. The van der Waals surface area contributed by atoms with Gasteiger partial charge in [-0.15, -0.1) is 10.2 Å². The first-order chi connectivity index (χ1) is 7.74. The Morgan fingerprint density at radius 1 is 1.50 bits per heavy atom. The maximum atomic E-state index is 9.57. The fraction of sp³-hybridized carbons (Fsp3) is 0.222. The molecule has 0 bridgehead atoms. The van der Waals surface area contributed by atoms with Gasteiger partial charge in [-0.05, 0) is 16.2 Å². The van der Waals surface area contributed by atoms with Gasteiger partial charge in [-0.1, -0.05) is 18.2 Å². The van der Waals surface area contributed by atoms with Gasteiger partial charge >= 0.3 is 7.12 Å². The van der Waals surface area contributed by atoms with Crippen LogP contribution in [0.4, 0.5) is 0 Å². The average Bonchev–Trinajstić information content (AvgIpc) is 2.86. The van der Waals surface area contributed by atoms with Crippen LogP contribution in [0.3, 0.4) is 0 Å².